The molecule has 2 nitrogen and oxygen atoms in total. The van der Waals surface area contributed by atoms with Crippen LogP contribution in [-0.4, -0.2) is 5.91 Å². The molecule has 2 aromatic carbocycles. The molecule has 0 atom stereocenters. The zero-order valence-electron chi connectivity index (χ0n) is 10.3. The highest BCUT2D eigenvalue weighted by Gasteiger charge is 2.19. The third-order valence-corrected chi connectivity index (χ3v) is 3.39. The van der Waals surface area contributed by atoms with Gasteiger partial charge in [0.05, 0.1) is 5.56 Å². The molecular formula is C14H9F3INO. The first-order chi connectivity index (χ1) is 9.40. The number of rotatable bonds is 2. The van der Waals surface area contributed by atoms with Crippen molar-refractivity contribution in [2.24, 2.45) is 0 Å². The molecule has 0 spiro atoms. The Bertz CT molecular complexity index is 688. The number of benzene rings is 2. The SMILES string of the molecule is Cc1cc(I)ccc1NC(=O)c1ccc(F)c(F)c1F. The van der Waals surface area contributed by atoms with Crippen molar-refractivity contribution in [1.82, 2.24) is 0 Å². The molecule has 0 unspecified atom stereocenters. The molecule has 0 saturated heterocycles. The van der Waals surface area contributed by atoms with Gasteiger partial charge in [-0.05, 0) is 65.4 Å². The molecule has 0 aliphatic heterocycles. The summed E-state index contributed by atoms with van der Waals surface area (Å²) in [4.78, 5) is 11.9. The lowest BCUT2D eigenvalue weighted by Gasteiger charge is -2.09. The van der Waals surface area contributed by atoms with Gasteiger partial charge in [-0.25, -0.2) is 13.2 Å². The van der Waals surface area contributed by atoms with Gasteiger partial charge in [-0.3, -0.25) is 4.79 Å². The van der Waals surface area contributed by atoms with Crippen LogP contribution in [0, 0.1) is 27.9 Å². The van der Waals surface area contributed by atoms with E-state index in [2.05, 4.69) is 27.9 Å². The van der Waals surface area contributed by atoms with Crippen LogP contribution >= 0.6 is 22.6 Å². The average Bonchev–Trinajstić information content (AvgIpc) is 2.39. The van der Waals surface area contributed by atoms with E-state index in [-0.39, 0.29) is 0 Å². The van der Waals surface area contributed by atoms with Gasteiger partial charge in [0, 0.05) is 9.26 Å². The number of carbonyl (C=O) groups excluding carboxylic acids is 1. The zero-order valence-corrected chi connectivity index (χ0v) is 12.5. The summed E-state index contributed by atoms with van der Waals surface area (Å²) >= 11 is 2.12. The van der Waals surface area contributed by atoms with Crippen LogP contribution in [0.5, 0.6) is 0 Å². The van der Waals surface area contributed by atoms with E-state index in [1.807, 2.05) is 6.07 Å². The first kappa shape index (κ1) is 14.8. The van der Waals surface area contributed by atoms with Gasteiger partial charge in [-0.2, -0.15) is 0 Å². The van der Waals surface area contributed by atoms with Crippen LogP contribution in [0.15, 0.2) is 30.3 Å². The molecule has 1 amide bonds. The Labute approximate surface area is 127 Å². The lowest BCUT2D eigenvalue weighted by molar-refractivity contribution is 0.102. The van der Waals surface area contributed by atoms with Gasteiger partial charge in [0.2, 0.25) is 0 Å². The maximum atomic E-state index is 13.5. The van der Waals surface area contributed by atoms with Crippen LogP contribution in [0.25, 0.3) is 0 Å². The Balaban J connectivity index is 2.31. The van der Waals surface area contributed by atoms with E-state index in [1.165, 1.54) is 0 Å². The lowest BCUT2D eigenvalue weighted by Crippen LogP contribution is -2.15. The zero-order chi connectivity index (χ0) is 14.9. The van der Waals surface area contributed by atoms with Gasteiger partial charge in [-0.1, -0.05) is 0 Å². The number of amides is 1. The fourth-order valence-corrected chi connectivity index (χ4v) is 2.31. The lowest BCUT2D eigenvalue weighted by atomic mass is 10.1. The van der Waals surface area contributed by atoms with Gasteiger partial charge in [-0.15, -0.1) is 0 Å². The van der Waals surface area contributed by atoms with Crippen molar-refractivity contribution in [3.63, 3.8) is 0 Å². The molecule has 0 fully saturated rings. The quantitative estimate of drug-likeness (QED) is 0.602. The van der Waals surface area contributed by atoms with E-state index >= 15 is 0 Å². The van der Waals surface area contributed by atoms with Crippen LogP contribution in [0.2, 0.25) is 0 Å². The van der Waals surface area contributed by atoms with E-state index < -0.39 is 28.9 Å². The summed E-state index contributed by atoms with van der Waals surface area (Å²) < 4.78 is 40.4. The van der Waals surface area contributed by atoms with Crippen LogP contribution in [0.4, 0.5) is 18.9 Å². The molecule has 0 radical (unpaired) electrons. The number of aryl methyl sites for hydroxylation is 1. The van der Waals surface area contributed by atoms with Crippen molar-refractivity contribution in [2.45, 2.75) is 6.92 Å². The third-order valence-electron chi connectivity index (χ3n) is 2.72. The van der Waals surface area contributed by atoms with E-state index in [1.54, 1.807) is 19.1 Å². The molecule has 0 aromatic heterocycles. The third kappa shape index (κ3) is 2.95. The molecular weight excluding hydrogens is 382 g/mol. The molecule has 0 saturated carbocycles. The Morgan fingerprint density at radius 1 is 1.10 bits per heavy atom. The van der Waals surface area contributed by atoms with Crippen molar-refractivity contribution in [3.05, 3.63) is 62.5 Å². The highest BCUT2D eigenvalue weighted by Crippen LogP contribution is 2.20. The fourth-order valence-electron chi connectivity index (χ4n) is 1.66. The largest absolute Gasteiger partial charge is 0.322 e. The smallest absolute Gasteiger partial charge is 0.258 e. The van der Waals surface area contributed by atoms with Gasteiger partial charge >= 0.3 is 0 Å². The predicted molar refractivity (Wildman–Crippen MR) is 78.2 cm³/mol. The molecule has 1 N–H and O–H groups in total. The molecule has 2 rings (SSSR count). The first-order valence-corrected chi connectivity index (χ1v) is 6.69. The van der Waals surface area contributed by atoms with E-state index in [9.17, 15) is 18.0 Å². The Morgan fingerprint density at radius 2 is 1.80 bits per heavy atom. The van der Waals surface area contributed by atoms with Crippen LogP contribution in [-0.2, 0) is 0 Å². The molecule has 0 aliphatic carbocycles. The topological polar surface area (TPSA) is 29.1 Å². The minimum Gasteiger partial charge on any atom is -0.322 e. The monoisotopic (exact) mass is 391 g/mol. The van der Waals surface area contributed by atoms with Crippen molar-refractivity contribution in [1.29, 1.82) is 0 Å². The average molecular weight is 391 g/mol. The molecule has 6 heteroatoms. The first-order valence-electron chi connectivity index (χ1n) is 5.61. The van der Waals surface area contributed by atoms with Gasteiger partial charge in [0.1, 0.15) is 0 Å². The number of anilines is 1. The summed E-state index contributed by atoms with van der Waals surface area (Å²) in [5.41, 5.74) is 0.731. The Morgan fingerprint density at radius 3 is 2.45 bits per heavy atom. The molecule has 0 heterocycles. The fraction of sp³-hybridized carbons (Fsp3) is 0.0714. The maximum absolute atomic E-state index is 13.5. The second-order valence-electron chi connectivity index (χ2n) is 4.14. The second kappa shape index (κ2) is 5.82. The number of nitrogens with one attached hydrogen (secondary N) is 1. The number of halogens is 4. The highest BCUT2D eigenvalue weighted by atomic mass is 127. The molecule has 0 bridgehead atoms. The van der Waals surface area contributed by atoms with Crippen LogP contribution in [0.3, 0.4) is 0 Å². The van der Waals surface area contributed by atoms with E-state index in [4.69, 9.17) is 0 Å². The Kier molecular flexibility index (Phi) is 4.32. The maximum Gasteiger partial charge on any atom is 0.258 e. The minimum atomic E-state index is -1.66. The van der Waals surface area contributed by atoms with E-state index in [0.717, 1.165) is 15.2 Å². The molecule has 0 aliphatic rings. The minimum absolute atomic E-state index is 0.486. The van der Waals surface area contributed by atoms with Crippen molar-refractivity contribution in [3.8, 4) is 0 Å². The van der Waals surface area contributed by atoms with Gasteiger partial charge in [0.15, 0.2) is 17.5 Å². The number of hydrogen-bond donors (Lipinski definition) is 1. The van der Waals surface area contributed by atoms with Crippen LogP contribution < -0.4 is 5.32 Å². The Hall–Kier alpha value is -1.57. The highest BCUT2D eigenvalue weighted by molar-refractivity contribution is 14.1. The number of hydrogen-bond acceptors (Lipinski definition) is 1. The van der Waals surface area contributed by atoms with Gasteiger partial charge in [0.25, 0.3) is 5.91 Å². The molecule has 2 aromatic rings. The summed E-state index contributed by atoms with van der Waals surface area (Å²) in [7, 11) is 0. The predicted octanol–water partition coefficient (Wildman–Crippen LogP) is 4.27. The van der Waals surface area contributed by atoms with Crippen molar-refractivity contribution >= 4 is 34.2 Å². The van der Waals surface area contributed by atoms with Crippen molar-refractivity contribution in [2.75, 3.05) is 5.32 Å². The summed E-state index contributed by atoms with van der Waals surface area (Å²) in [6.45, 7) is 1.78. The summed E-state index contributed by atoms with van der Waals surface area (Å²) in [5.74, 6) is -5.31. The summed E-state index contributed by atoms with van der Waals surface area (Å²) in [6, 6.07) is 6.88. The van der Waals surface area contributed by atoms with E-state index in [0.29, 0.717) is 11.8 Å². The second-order valence-corrected chi connectivity index (χ2v) is 5.38. The van der Waals surface area contributed by atoms with Gasteiger partial charge < -0.3 is 5.32 Å². The standard InChI is InChI=1S/C14H9F3INO/c1-7-6-8(18)2-5-11(7)19-14(20)9-3-4-10(15)13(17)12(9)16/h2-6H,1H3,(H,19,20). The van der Waals surface area contributed by atoms with Crippen molar-refractivity contribution < 1.29 is 18.0 Å². The number of carbonyl (C=O) groups is 1. The molecule has 104 valence electrons. The van der Waals surface area contributed by atoms with Crippen LogP contribution in [0.1, 0.15) is 15.9 Å². The summed E-state index contributed by atoms with van der Waals surface area (Å²) in [5, 5.41) is 2.47. The summed E-state index contributed by atoms with van der Waals surface area (Å²) in [6.07, 6.45) is 0. The normalized spacial score (nSPS) is 10.4. The molecule has 20 heavy (non-hydrogen) atoms.